The van der Waals surface area contributed by atoms with Gasteiger partial charge in [-0.25, -0.2) is 14.8 Å². The molecule has 0 spiro atoms. The van der Waals surface area contributed by atoms with Crippen LogP contribution in [-0.4, -0.2) is 30.2 Å². The van der Waals surface area contributed by atoms with Crippen LogP contribution in [-0.2, 0) is 16.1 Å². The van der Waals surface area contributed by atoms with E-state index in [0.29, 0.717) is 18.0 Å². The number of methoxy groups -OCH3 is 2. The molecule has 0 aliphatic heterocycles. The highest BCUT2D eigenvalue weighted by molar-refractivity contribution is 5.97. The van der Waals surface area contributed by atoms with Gasteiger partial charge in [0, 0.05) is 35.5 Å². The molecule has 3 aromatic rings. The van der Waals surface area contributed by atoms with E-state index in [1.807, 2.05) is 30.3 Å². The average Bonchev–Trinajstić information content (AvgIpc) is 2.63. The van der Waals surface area contributed by atoms with Crippen LogP contribution in [0.3, 0.4) is 0 Å². The van der Waals surface area contributed by atoms with Gasteiger partial charge in [-0.15, -0.1) is 0 Å². The molecule has 0 fully saturated rings. The first kappa shape index (κ1) is 15.9. The number of carbonyl (C=O) groups excluding carboxylic acids is 1. The molecule has 1 heterocycles. The monoisotopic (exact) mass is 323 g/mol. The summed E-state index contributed by atoms with van der Waals surface area (Å²) in [5, 5.41) is 1.94. The Labute approximate surface area is 139 Å². The third kappa shape index (κ3) is 2.91. The maximum absolute atomic E-state index is 11.6. The fourth-order valence-corrected chi connectivity index (χ4v) is 2.54. The number of nitrogen functional groups attached to an aromatic ring is 1. The third-order valence-electron chi connectivity index (χ3n) is 3.77. The SMILES string of the molecule is COCc1ccc2ccc(-c3ccnc(C(=O)OC)n3)cc2c1N. The van der Waals surface area contributed by atoms with Crippen LogP contribution in [0.5, 0.6) is 0 Å². The molecule has 0 aliphatic rings. The average molecular weight is 323 g/mol. The van der Waals surface area contributed by atoms with Crippen molar-refractivity contribution >= 4 is 22.4 Å². The maximum atomic E-state index is 11.6. The summed E-state index contributed by atoms with van der Waals surface area (Å²) in [7, 11) is 2.93. The quantitative estimate of drug-likeness (QED) is 0.587. The number of carbonyl (C=O) groups is 1. The summed E-state index contributed by atoms with van der Waals surface area (Å²) in [6, 6.07) is 11.6. The smallest absolute Gasteiger partial charge is 0.376 e. The van der Waals surface area contributed by atoms with Gasteiger partial charge in [0.1, 0.15) is 0 Å². The van der Waals surface area contributed by atoms with Gasteiger partial charge < -0.3 is 15.2 Å². The molecule has 0 saturated heterocycles. The minimum absolute atomic E-state index is 0.0243. The standard InChI is InChI=1S/C18H17N3O3/c1-23-10-13-6-4-11-3-5-12(9-14(11)16(13)19)15-7-8-20-17(21-15)18(22)24-2/h3-9H,10,19H2,1-2H3. The van der Waals surface area contributed by atoms with Crippen molar-refractivity contribution in [3.63, 3.8) is 0 Å². The number of aromatic nitrogens is 2. The lowest BCUT2D eigenvalue weighted by molar-refractivity contribution is 0.0587. The van der Waals surface area contributed by atoms with Gasteiger partial charge in [0.2, 0.25) is 5.82 Å². The Hall–Kier alpha value is -2.99. The molecule has 0 amide bonds. The lowest BCUT2D eigenvalue weighted by Gasteiger charge is -2.10. The molecule has 0 saturated carbocycles. The first-order valence-corrected chi connectivity index (χ1v) is 7.36. The molecule has 6 nitrogen and oxygen atoms in total. The second-order valence-corrected chi connectivity index (χ2v) is 5.26. The number of hydrogen-bond acceptors (Lipinski definition) is 6. The van der Waals surface area contributed by atoms with Gasteiger partial charge in [-0.3, -0.25) is 0 Å². The molecule has 122 valence electrons. The summed E-state index contributed by atoms with van der Waals surface area (Å²) < 4.78 is 9.84. The zero-order valence-corrected chi connectivity index (χ0v) is 13.4. The molecular weight excluding hydrogens is 306 g/mol. The summed E-state index contributed by atoms with van der Waals surface area (Å²) in [4.78, 5) is 19.8. The Kier molecular flexibility index (Phi) is 4.39. The lowest BCUT2D eigenvalue weighted by Crippen LogP contribution is -2.07. The van der Waals surface area contributed by atoms with E-state index >= 15 is 0 Å². The Morgan fingerprint density at radius 1 is 1.17 bits per heavy atom. The van der Waals surface area contributed by atoms with Crippen LogP contribution in [0.2, 0.25) is 0 Å². The van der Waals surface area contributed by atoms with Crippen molar-refractivity contribution in [1.82, 2.24) is 9.97 Å². The fourth-order valence-electron chi connectivity index (χ4n) is 2.54. The van der Waals surface area contributed by atoms with E-state index in [4.69, 9.17) is 10.5 Å². The van der Waals surface area contributed by atoms with Gasteiger partial charge in [-0.2, -0.15) is 0 Å². The van der Waals surface area contributed by atoms with Crippen LogP contribution in [0.4, 0.5) is 5.69 Å². The van der Waals surface area contributed by atoms with E-state index in [2.05, 4.69) is 14.7 Å². The number of hydrogen-bond donors (Lipinski definition) is 1. The van der Waals surface area contributed by atoms with Crippen LogP contribution in [0.1, 0.15) is 16.2 Å². The molecule has 2 N–H and O–H groups in total. The number of rotatable bonds is 4. The highest BCUT2D eigenvalue weighted by Crippen LogP contribution is 2.29. The number of nitrogens with zero attached hydrogens (tertiary/aromatic N) is 2. The largest absolute Gasteiger partial charge is 0.463 e. The van der Waals surface area contributed by atoms with E-state index in [1.54, 1.807) is 13.2 Å². The fraction of sp³-hybridized carbons (Fsp3) is 0.167. The molecule has 1 aromatic heterocycles. The van der Waals surface area contributed by atoms with Crippen molar-refractivity contribution in [3.8, 4) is 11.3 Å². The van der Waals surface area contributed by atoms with Crippen molar-refractivity contribution < 1.29 is 14.3 Å². The third-order valence-corrected chi connectivity index (χ3v) is 3.77. The number of nitrogens with two attached hydrogens (primary N) is 1. The second-order valence-electron chi connectivity index (χ2n) is 5.26. The second kappa shape index (κ2) is 6.64. The Bertz CT molecular complexity index is 909. The molecule has 6 heteroatoms. The van der Waals surface area contributed by atoms with E-state index in [9.17, 15) is 4.79 Å². The summed E-state index contributed by atoms with van der Waals surface area (Å²) in [6.45, 7) is 0.450. The van der Waals surface area contributed by atoms with Gasteiger partial charge in [0.05, 0.1) is 19.4 Å². The van der Waals surface area contributed by atoms with E-state index in [1.165, 1.54) is 13.3 Å². The molecule has 24 heavy (non-hydrogen) atoms. The van der Waals surface area contributed by atoms with Gasteiger partial charge >= 0.3 is 5.97 Å². The van der Waals surface area contributed by atoms with Crippen molar-refractivity contribution in [2.75, 3.05) is 20.0 Å². The summed E-state index contributed by atoms with van der Waals surface area (Å²) in [5.74, 6) is -0.546. The van der Waals surface area contributed by atoms with Gasteiger partial charge in [-0.05, 0) is 17.5 Å². The Balaban J connectivity index is 2.10. The maximum Gasteiger partial charge on any atom is 0.376 e. The number of anilines is 1. The Morgan fingerprint density at radius 2 is 1.96 bits per heavy atom. The van der Waals surface area contributed by atoms with Crippen molar-refractivity contribution in [1.29, 1.82) is 0 Å². The number of esters is 1. The van der Waals surface area contributed by atoms with Gasteiger partial charge in [-0.1, -0.05) is 24.3 Å². The highest BCUT2D eigenvalue weighted by Gasteiger charge is 2.12. The van der Waals surface area contributed by atoms with Crippen LogP contribution in [0, 0.1) is 0 Å². The minimum Gasteiger partial charge on any atom is -0.463 e. The zero-order chi connectivity index (χ0) is 17.1. The summed E-state index contributed by atoms with van der Waals surface area (Å²) in [6.07, 6.45) is 1.53. The molecule has 3 rings (SSSR count). The normalized spacial score (nSPS) is 10.8. The number of benzene rings is 2. The van der Waals surface area contributed by atoms with E-state index < -0.39 is 5.97 Å². The number of fused-ring (bicyclic) bond motifs is 1. The topological polar surface area (TPSA) is 87.3 Å². The first-order valence-electron chi connectivity index (χ1n) is 7.36. The van der Waals surface area contributed by atoms with Crippen LogP contribution < -0.4 is 5.73 Å². The summed E-state index contributed by atoms with van der Waals surface area (Å²) in [5.41, 5.74) is 9.35. The molecule has 0 aliphatic carbocycles. The molecule has 0 unspecified atom stereocenters. The molecule has 0 bridgehead atoms. The molecule has 0 atom stereocenters. The van der Waals surface area contributed by atoms with Crippen LogP contribution in [0.15, 0.2) is 42.6 Å². The van der Waals surface area contributed by atoms with Crippen molar-refractivity contribution in [3.05, 3.63) is 54.0 Å². The van der Waals surface area contributed by atoms with Crippen LogP contribution >= 0.6 is 0 Å². The number of ether oxygens (including phenoxy) is 2. The predicted octanol–water partition coefficient (Wildman–Crippen LogP) is 2.81. The van der Waals surface area contributed by atoms with Crippen molar-refractivity contribution in [2.24, 2.45) is 0 Å². The van der Waals surface area contributed by atoms with Crippen molar-refractivity contribution in [2.45, 2.75) is 6.61 Å². The van der Waals surface area contributed by atoms with E-state index in [-0.39, 0.29) is 5.82 Å². The molecular formula is C18H17N3O3. The van der Waals surface area contributed by atoms with Gasteiger partial charge in [0.25, 0.3) is 0 Å². The first-order chi connectivity index (χ1) is 11.6. The molecule has 2 aromatic carbocycles. The predicted molar refractivity (Wildman–Crippen MR) is 91.4 cm³/mol. The minimum atomic E-state index is -0.570. The lowest BCUT2D eigenvalue weighted by atomic mass is 10.0. The van der Waals surface area contributed by atoms with Gasteiger partial charge in [0.15, 0.2) is 0 Å². The molecule has 0 radical (unpaired) electrons. The zero-order valence-electron chi connectivity index (χ0n) is 13.4. The summed E-state index contributed by atoms with van der Waals surface area (Å²) >= 11 is 0. The highest BCUT2D eigenvalue weighted by atomic mass is 16.5. The van der Waals surface area contributed by atoms with Crippen LogP contribution in [0.25, 0.3) is 22.0 Å². The van der Waals surface area contributed by atoms with E-state index in [0.717, 1.165) is 21.9 Å². The Morgan fingerprint density at radius 3 is 2.71 bits per heavy atom.